The fourth-order valence-corrected chi connectivity index (χ4v) is 1.39. The lowest BCUT2D eigenvalue weighted by Gasteiger charge is -2.22. The Kier molecular flexibility index (Phi) is 7.15. The number of hydrogen-bond acceptors (Lipinski definition) is 4. The van der Waals surface area contributed by atoms with Crippen molar-refractivity contribution in [3.8, 4) is 0 Å². The molecule has 2 atom stereocenters. The molecule has 0 saturated heterocycles. The molecule has 0 aliphatic carbocycles. The van der Waals surface area contributed by atoms with Crippen molar-refractivity contribution in [3.63, 3.8) is 0 Å². The van der Waals surface area contributed by atoms with Gasteiger partial charge in [-0.1, -0.05) is 0 Å². The molecule has 2 N–H and O–H groups in total. The number of nitrogens with one attached hydrogen (secondary N) is 2. The van der Waals surface area contributed by atoms with Crippen LogP contribution in [0.25, 0.3) is 0 Å². The van der Waals surface area contributed by atoms with Crippen LogP contribution in [0.4, 0.5) is 4.79 Å². The number of methoxy groups -OCH3 is 1. The van der Waals surface area contributed by atoms with Gasteiger partial charge in [0, 0.05) is 25.7 Å². The molecule has 0 aromatic rings. The SMILES string of the molecule is COCC(C)NC(C)CNC(=O)OC(C)(C)C. The van der Waals surface area contributed by atoms with Crippen molar-refractivity contribution >= 4 is 6.09 Å². The highest BCUT2D eigenvalue weighted by atomic mass is 16.6. The average molecular weight is 246 g/mol. The largest absolute Gasteiger partial charge is 0.444 e. The van der Waals surface area contributed by atoms with Crippen molar-refractivity contribution in [2.75, 3.05) is 20.3 Å². The van der Waals surface area contributed by atoms with Crippen LogP contribution in [0.5, 0.6) is 0 Å². The molecule has 0 aromatic heterocycles. The van der Waals surface area contributed by atoms with Crippen LogP contribution in [-0.4, -0.2) is 44.0 Å². The van der Waals surface area contributed by atoms with E-state index < -0.39 is 5.60 Å². The second kappa shape index (κ2) is 7.50. The Morgan fingerprint density at radius 3 is 2.29 bits per heavy atom. The van der Waals surface area contributed by atoms with Crippen LogP contribution in [0.15, 0.2) is 0 Å². The summed E-state index contributed by atoms with van der Waals surface area (Å²) in [4.78, 5) is 11.4. The molecule has 0 aromatic carbocycles. The monoisotopic (exact) mass is 246 g/mol. The molecule has 0 bridgehead atoms. The molecule has 5 heteroatoms. The summed E-state index contributed by atoms with van der Waals surface area (Å²) in [5.74, 6) is 0. The molecule has 0 radical (unpaired) electrons. The zero-order valence-corrected chi connectivity index (χ0v) is 11.8. The molecule has 2 unspecified atom stereocenters. The maximum atomic E-state index is 11.4. The van der Waals surface area contributed by atoms with Crippen LogP contribution in [0, 0.1) is 0 Å². The number of alkyl carbamates (subject to hydrolysis) is 1. The van der Waals surface area contributed by atoms with Crippen molar-refractivity contribution < 1.29 is 14.3 Å². The van der Waals surface area contributed by atoms with E-state index in [0.29, 0.717) is 13.2 Å². The quantitative estimate of drug-likeness (QED) is 0.746. The molecule has 5 nitrogen and oxygen atoms in total. The van der Waals surface area contributed by atoms with E-state index >= 15 is 0 Å². The fourth-order valence-electron chi connectivity index (χ4n) is 1.39. The average Bonchev–Trinajstić information content (AvgIpc) is 2.12. The molecular weight excluding hydrogens is 220 g/mol. The lowest BCUT2D eigenvalue weighted by atomic mass is 10.2. The van der Waals surface area contributed by atoms with Crippen LogP contribution in [-0.2, 0) is 9.47 Å². The molecule has 0 rings (SSSR count). The number of rotatable bonds is 6. The first kappa shape index (κ1) is 16.2. The van der Waals surface area contributed by atoms with Gasteiger partial charge in [-0.25, -0.2) is 4.79 Å². The smallest absolute Gasteiger partial charge is 0.407 e. The highest BCUT2D eigenvalue weighted by Crippen LogP contribution is 2.06. The Balaban J connectivity index is 3.76. The third-order valence-corrected chi connectivity index (χ3v) is 1.94. The molecule has 0 fully saturated rings. The molecule has 1 amide bonds. The minimum atomic E-state index is -0.454. The van der Waals surface area contributed by atoms with Crippen LogP contribution < -0.4 is 10.6 Å². The predicted octanol–water partition coefficient (Wildman–Crippen LogP) is 1.52. The third kappa shape index (κ3) is 10.1. The first-order valence-corrected chi connectivity index (χ1v) is 5.96. The number of carbonyl (C=O) groups excluding carboxylic acids is 1. The van der Waals surface area contributed by atoms with E-state index in [1.165, 1.54) is 0 Å². The second-order valence-corrected chi connectivity index (χ2v) is 5.31. The lowest BCUT2D eigenvalue weighted by Crippen LogP contribution is -2.45. The number of hydrogen-bond donors (Lipinski definition) is 2. The highest BCUT2D eigenvalue weighted by Gasteiger charge is 2.16. The van der Waals surface area contributed by atoms with Gasteiger partial charge < -0.3 is 20.1 Å². The summed E-state index contributed by atoms with van der Waals surface area (Å²) in [5, 5.41) is 6.03. The van der Waals surface area contributed by atoms with Crippen molar-refractivity contribution in [3.05, 3.63) is 0 Å². The topological polar surface area (TPSA) is 59.6 Å². The first-order valence-electron chi connectivity index (χ1n) is 5.96. The van der Waals surface area contributed by atoms with Crippen molar-refractivity contribution in [1.82, 2.24) is 10.6 Å². The highest BCUT2D eigenvalue weighted by molar-refractivity contribution is 5.67. The summed E-state index contributed by atoms with van der Waals surface area (Å²) in [6, 6.07) is 0.433. The first-order chi connectivity index (χ1) is 7.74. The molecule has 17 heavy (non-hydrogen) atoms. The van der Waals surface area contributed by atoms with Crippen molar-refractivity contribution in [1.29, 1.82) is 0 Å². The molecule has 102 valence electrons. The van der Waals surface area contributed by atoms with Gasteiger partial charge in [-0.2, -0.15) is 0 Å². The molecular formula is C12H26N2O3. The number of carbonyl (C=O) groups is 1. The zero-order valence-electron chi connectivity index (χ0n) is 11.8. The minimum Gasteiger partial charge on any atom is -0.444 e. The van der Waals surface area contributed by atoms with E-state index in [1.807, 2.05) is 34.6 Å². The van der Waals surface area contributed by atoms with Crippen LogP contribution >= 0.6 is 0 Å². The van der Waals surface area contributed by atoms with Gasteiger partial charge >= 0.3 is 6.09 Å². The number of amides is 1. The van der Waals surface area contributed by atoms with Gasteiger partial charge in [-0.05, 0) is 34.6 Å². The summed E-state index contributed by atoms with van der Waals surface area (Å²) in [6.45, 7) is 10.7. The van der Waals surface area contributed by atoms with E-state index in [0.717, 1.165) is 0 Å². The van der Waals surface area contributed by atoms with Crippen LogP contribution in [0.3, 0.4) is 0 Å². The standard InChI is InChI=1S/C12H26N2O3/c1-9(14-10(2)8-16-6)7-13-11(15)17-12(3,4)5/h9-10,14H,7-8H2,1-6H3,(H,13,15). The summed E-state index contributed by atoms with van der Waals surface area (Å²) >= 11 is 0. The Hall–Kier alpha value is -0.810. The van der Waals surface area contributed by atoms with E-state index in [-0.39, 0.29) is 18.2 Å². The maximum absolute atomic E-state index is 11.4. The normalized spacial score (nSPS) is 15.2. The summed E-state index contributed by atoms with van der Waals surface area (Å²) in [7, 11) is 1.67. The molecule has 0 heterocycles. The maximum Gasteiger partial charge on any atom is 0.407 e. The van der Waals surface area contributed by atoms with Gasteiger partial charge in [0.15, 0.2) is 0 Å². The van der Waals surface area contributed by atoms with Gasteiger partial charge in [0.25, 0.3) is 0 Å². The predicted molar refractivity (Wildman–Crippen MR) is 68.2 cm³/mol. The molecule has 0 spiro atoms. The summed E-state index contributed by atoms with van der Waals surface area (Å²) in [6.07, 6.45) is -0.384. The fraction of sp³-hybridized carbons (Fsp3) is 0.917. The van der Waals surface area contributed by atoms with Gasteiger partial charge in [0.05, 0.1) is 6.61 Å². The second-order valence-electron chi connectivity index (χ2n) is 5.31. The number of ether oxygens (including phenoxy) is 2. The van der Waals surface area contributed by atoms with Gasteiger partial charge in [0.2, 0.25) is 0 Å². The third-order valence-electron chi connectivity index (χ3n) is 1.94. The van der Waals surface area contributed by atoms with Crippen molar-refractivity contribution in [2.24, 2.45) is 0 Å². The van der Waals surface area contributed by atoms with Gasteiger partial charge in [0.1, 0.15) is 5.60 Å². The Morgan fingerprint density at radius 1 is 1.24 bits per heavy atom. The van der Waals surface area contributed by atoms with E-state index in [2.05, 4.69) is 10.6 Å². The Morgan fingerprint density at radius 2 is 1.82 bits per heavy atom. The van der Waals surface area contributed by atoms with Crippen LogP contribution in [0.1, 0.15) is 34.6 Å². The molecule has 0 aliphatic heterocycles. The van der Waals surface area contributed by atoms with Crippen LogP contribution in [0.2, 0.25) is 0 Å². The van der Waals surface area contributed by atoms with E-state index in [1.54, 1.807) is 7.11 Å². The Labute approximate surface area is 104 Å². The Bertz CT molecular complexity index is 226. The lowest BCUT2D eigenvalue weighted by molar-refractivity contribution is 0.0521. The zero-order chi connectivity index (χ0) is 13.5. The summed E-state index contributed by atoms with van der Waals surface area (Å²) in [5.41, 5.74) is -0.454. The van der Waals surface area contributed by atoms with Gasteiger partial charge in [-0.15, -0.1) is 0 Å². The van der Waals surface area contributed by atoms with Crippen molar-refractivity contribution in [2.45, 2.75) is 52.3 Å². The van der Waals surface area contributed by atoms with Gasteiger partial charge in [-0.3, -0.25) is 0 Å². The summed E-state index contributed by atoms with van der Waals surface area (Å²) < 4.78 is 10.2. The van der Waals surface area contributed by atoms with E-state index in [9.17, 15) is 4.79 Å². The van der Waals surface area contributed by atoms with E-state index in [4.69, 9.17) is 9.47 Å². The minimum absolute atomic E-state index is 0.174. The molecule has 0 saturated carbocycles. The molecule has 0 aliphatic rings.